The fraction of sp³-hybridized carbons (Fsp3) is 0.500. The van der Waals surface area contributed by atoms with Crippen LogP contribution in [0.4, 0.5) is 17.6 Å². The minimum Gasteiger partial charge on any atom is -0.330 e. The van der Waals surface area contributed by atoms with Crippen molar-refractivity contribution < 1.29 is 17.6 Å². The highest BCUT2D eigenvalue weighted by molar-refractivity contribution is 5.25. The molecule has 0 spiro atoms. The maximum Gasteiger partial charge on any atom is 0.280 e. The van der Waals surface area contributed by atoms with E-state index >= 15 is 0 Å². The smallest absolute Gasteiger partial charge is 0.280 e. The Bertz CT molecular complexity index is 394. The van der Waals surface area contributed by atoms with Crippen LogP contribution in [-0.4, -0.2) is 12.5 Å². The van der Waals surface area contributed by atoms with E-state index in [1.165, 1.54) is 24.3 Å². The normalized spacial score (nSPS) is 21.9. The van der Waals surface area contributed by atoms with Gasteiger partial charge >= 0.3 is 0 Å². The Kier molecular flexibility index (Phi) is 2.69. The van der Waals surface area contributed by atoms with Gasteiger partial charge in [-0.3, -0.25) is 0 Å². The summed E-state index contributed by atoms with van der Waals surface area (Å²) in [6, 6.07) is 7.01. The third-order valence-electron chi connectivity index (χ3n) is 3.39. The van der Waals surface area contributed by atoms with Gasteiger partial charge in [0.2, 0.25) is 5.92 Å². The lowest BCUT2D eigenvalue weighted by molar-refractivity contribution is -0.257. The second-order valence-corrected chi connectivity index (χ2v) is 4.63. The van der Waals surface area contributed by atoms with E-state index in [9.17, 15) is 17.6 Å². The molecule has 0 aromatic heterocycles. The van der Waals surface area contributed by atoms with Crippen LogP contribution in [0, 0.1) is 5.41 Å². The number of benzene rings is 1. The zero-order valence-electron chi connectivity index (χ0n) is 9.10. The van der Waals surface area contributed by atoms with Crippen molar-refractivity contribution in [1.29, 1.82) is 0 Å². The zero-order chi connectivity index (χ0) is 12.7. The van der Waals surface area contributed by atoms with Gasteiger partial charge in [0, 0.05) is 24.9 Å². The number of alkyl halides is 4. The second-order valence-electron chi connectivity index (χ2n) is 4.63. The summed E-state index contributed by atoms with van der Waals surface area (Å²) in [7, 11) is 0. The largest absolute Gasteiger partial charge is 0.330 e. The molecule has 0 atom stereocenters. The van der Waals surface area contributed by atoms with Crippen LogP contribution in [0.5, 0.6) is 0 Å². The number of halogens is 4. The summed E-state index contributed by atoms with van der Waals surface area (Å²) in [6.45, 7) is -0.440. The molecule has 0 bridgehead atoms. The molecule has 94 valence electrons. The molecule has 1 nitrogen and oxygen atoms in total. The summed E-state index contributed by atoms with van der Waals surface area (Å²) in [6.07, 6.45) is -1.70. The highest BCUT2D eigenvalue weighted by atomic mass is 19.3. The van der Waals surface area contributed by atoms with E-state index in [1.54, 1.807) is 6.07 Å². The molecule has 2 rings (SSSR count). The van der Waals surface area contributed by atoms with Gasteiger partial charge in [-0.15, -0.1) is 0 Å². The SMILES string of the molecule is NCC1(C(F)(F)c2ccccc2)CC(F)(F)C1. The molecule has 0 heterocycles. The van der Waals surface area contributed by atoms with Gasteiger partial charge < -0.3 is 5.73 Å². The molecule has 0 saturated heterocycles. The second kappa shape index (κ2) is 3.70. The van der Waals surface area contributed by atoms with E-state index in [0.29, 0.717) is 0 Å². The van der Waals surface area contributed by atoms with Gasteiger partial charge in [-0.1, -0.05) is 30.3 Å². The Balaban J connectivity index is 2.32. The van der Waals surface area contributed by atoms with E-state index in [0.717, 1.165) is 0 Å². The van der Waals surface area contributed by atoms with Crippen LogP contribution in [-0.2, 0) is 5.92 Å². The van der Waals surface area contributed by atoms with Crippen LogP contribution < -0.4 is 5.73 Å². The Hall–Kier alpha value is -1.10. The van der Waals surface area contributed by atoms with Crippen LogP contribution in [0.3, 0.4) is 0 Å². The highest BCUT2D eigenvalue weighted by Crippen LogP contribution is 2.62. The zero-order valence-corrected chi connectivity index (χ0v) is 9.10. The minimum absolute atomic E-state index is 0.249. The topological polar surface area (TPSA) is 26.0 Å². The van der Waals surface area contributed by atoms with E-state index in [2.05, 4.69) is 0 Å². The average molecular weight is 247 g/mol. The maximum atomic E-state index is 14.2. The van der Waals surface area contributed by atoms with Crippen LogP contribution in [0.2, 0.25) is 0 Å². The summed E-state index contributed by atoms with van der Waals surface area (Å²) in [5, 5.41) is 0. The third kappa shape index (κ3) is 1.82. The molecule has 1 fully saturated rings. The Morgan fingerprint density at radius 1 is 1.12 bits per heavy atom. The molecular formula is C12H13F4N. The van der Waals surface area contributed by atoms with E-state index < -0.39 is 36.6 Å². The first-order valence-corrected chi connectivity index (χ1v) is 5.34. The molecule has 5 heteroatoms. The van der Waals surface area contributed by atoms with Crippen molar-refractivity contribution in [3.63, 3.8) is 0 Å². The van der Waals surface area contributed by atoms with Crippen molar-refractivity contribution in [1.82, 2.24) is 0 Å². The summed E-state index contributed by atoms with van der Waals surface area (Å²) >= 11 is 0. The molecular weight excluding hydrogens is 234 g/mol. The Labute approximate surface area is 96.6 Å². The van der Waals surface area contributed by atoms with Gasteiger partial charge in [0.15, 0.2) is 0 Å². The fourth-order valence-corrected chi connectivity index (χ4v) is 2.39. The molecule has 0 radical (unpaired) electrons. The van der Waals surface area contributed by atoms with Crippen molar-refractivity contribution in [2.24, 2.45) is 11.1 Å². The molecule has 0 unspecified atom stereocenters. The molecule has 1 aliphatic rings. The van der Waals surface area contributed by atoms with E-state index in [1.807, 2.05) is 0 Å². The summed E-state index contributed by atoms with van der Waals surface area (Å²) in [5.74, 6) is -6.33. The molecule has 17 heavy (non-hydrogen) atoms. The standard InChI is InChI=1S/C12H13F4N/c13-11(14)6-10(7-11,8-17)12(15,16)9-4-2-1-3-5-9/h1-5H,6-8,17H2. The van der Waals surface area contributed by atoms with Crippen molar-refractivity contribution >= 4 is 0 Å². The molecule has 1 aliphatic carbocycles. The molecule has 1 aromatic rings. The first-order valence-electron chi connectivity index (χ1n) is 5.34. The van der Waals surface area contributed by atoms with Gasteiger partial charge in [0.1, 0.15) is 0 Å². The predicted octanol–water partition coefficient (Wildman–Crippen LogP) is 3.15. The first kappa shape index (κ1) is 12.4. The van der Waals surface area contributed by atoms with Crippen LogP contribution in [0.1, 0.15) is 18.4 Å². The van der Waals surface area contributed by atoms with Gasteiger partial charge in [-0.05, 0) is 0 Å². The van der Waals surface area contributed by atoms with Crippen molar-refractivity contribution in [2.45, 2.75) is 24.7 Å². The quantitative estimate of drug-likeness (QED) is 0.816. The lowest BCUT2D eigenvalue weighted by atomic mass is 9.60. The molecule has 1 aromatic carbocycles. The highest BCUT2D eigenvalue weighted by Gasteiger charge is 2.67. The third-order valence-corrected chi connectivity index (χ3v) is 3.39. The molecule has 0 amide bonds. The summed E-state index contributed by atoms with van der Waals surface area (Å²) in [5.41, 5.74) is 3.24. The average Bonchev–Trinajstić information content (AvgIpc) is 2.26. The van der Waals surface area contributed by atoms with Crippen molar-refractivity contribution in [3.8, 4) is 0 Å². The van der Waals surface area contributed by atoms with Gasteiger partial charge in [0.05, 0.1) is 5.41 Å². The van der Waals surface area contributed by atoms with Crippen molar-refractivity contribution in [3.05, 3.63) is 35.9 Å². The van der Waals surface area contributed by atoms with Gasteiger partial charge in [-0.25, -0.2) is 17.6 Å². The molecule has 2 N–H and O–H groups in total. The predicted molar refractivity (Wildman–Crippen MR) is 56.0 cm³/mol. The first-order chi connectivity index (χ1) is 7.83. The van der Waals surface area contributed by atoms with E-state index in [-0.39, 0.29) is 5.56 Å². The fourth-order valence-electron chi connectivity index (χ4n) is 2.39. The number of hydrogen-bond acceptors (Lipinski definition) is 1. The minimum atomic E-state index is -3.31. The van der Waals surface area contributed by atoms with Crippen LogP contribution in [0.15, 0.2) is 30.3 Å². The Morgan fingerprint density at radius 2 is 1.65 bits per heavy atom. The molecule has 0 aliphatic heterocycles. The van der Waals surface area contributed by atoms with Crippen LogP contribution in [0.25, 0.3) is 0 Å². The van der Waals surface area contributed by atoms with Gasteiger partial charge in [-0.2, -0.15) is 0 Å². The lowest BCUT2D eigenvalue weighted by Crippen LogP contribution is -2.58. The maximum absolute atomic E-state index is 14.2. The number of nitrogens with two attached hydrogens (primary N) is 1. The number of rotatable bonds is 3. The monoisotopic (exact) mass is 247 g/mol. The Morgan fingerprint density at radius 3 is 2.06 bits per heavy atom. The number of hydrogen-bond donors (Lipinski definition) is 1. The summed E-state index contributed by atoms with van der Waals surface area (Å²) in [4.78, 5) is 0. The summed E-state index contributed by atoms with van der Waals surface area (Å²) < 4.78 is 54.1. The van der Waals surface area contributed by atoms with E-state index in [4.69, 9.17) is 5.73 Å². The molecule has 1 saturated carbocycles. The van der Waals surface area contributed by atoms with Crippen molar-refractivity contribution in [2.75, 3.05) is 6.54 Å². The van der Waals surface area contributed by atoms with Gasteiger partial charge in [0.25, 0.3) is 5.92 Å². The van der Waals surface area contributed by atoms with Crippen LogP contribution >= 0.6 is 0 Å². The lowest BCUT2D eigenvalue weighted by Gasteiger charge is -2.50.